The molecular formula is C16H19N2O+. The van der Waals surface area contributed by atoms with E-state index in [1.54, 1.807) is 0 Å². The summed E-state index contributed by atoms with van der Waals surface area (Å²) in [5.41, 5.74) is 5.47. The number of H-pyrrole nitrogens is 1. The second-order valence-corrected chi connectivity index (χ2v) is 5.91. The van der Waals surface area contributed by atoms with Gasteiger partial charge in [-0.3, -0.25) is 0 Å². The minimum Gasteiger partial charge on any atom is -0.396 e. The summed E-state index contributed by atoms with van der Waals surface area (Å²) in [6, 6.07) is 7.03. The number of rotatable bonds is 1. The Morgan fingerprint density at radius 2 is 2.32 bits per heavy atom. The molecule has 3 nitrogen and oxygen atoms in total. The van der Waals surface area contributed by atoms with Crippen molar-refractivity contribution < 1.29 is 10.0 Å². The maximum absolute atomic E-state index is 9.48. The van der Waals surface area contributed by atoms with E-state index in [4.69, 9.17) is 0 Å². The van der Waals surface area contributed by atoms with E-state index in [0.717, 1.165) is 13.0 Å². The Hall–Kier alpha value is -1.58. The Morgan fingerprint density at radius 3 is 3.16 bits per heavy atom. The number of quaternary nitrogens is 1. The number of hydrogen-bond donors (Lipinski definition) is 3. The van der Waals surface area contributed by atoms with E-state index in [1.165, 1.54) is 32.5 Å². The van der Waals surface area contributed by atoms with Gasteiger partial charge in [0.2, 0.25) is 0 Å². The lowest BCUT2D eigenvalue weighted by Gasteiger charge is -2.36. The Labute approximate surface area is 112 Å². The van der Waals surface area contributed by atoms with Crippen molar-refractivity contribution in [1.82, 2.24) is 4.98 Å². The number of aromatic amines is 1. The third-order valence-electron chi connectivity index (χ3n) is 4.73. The second kappa shape index (κ2) is 3.95. The maximum Gasteiger partial charge on any atom is 0.117 e. The van der Waals surface area contributed by atoms with Crippen LogP contribution in [0.15, 0.2) is 30.5 Å². The molecule has 0 spiro atoms. The molecule has 98 valence electrons. The van der Waals surface area contributed by atoms with E-state index in [2.05, 4.69) is 42.5 Å². The van der Waals surface area contributed by atoms with Crippen LogP contribution in [0.1, 0.15) is 11.1 Å². The van der Waals surface area contributed by atoms with Crippen LogP contribution >= 0.6 is 0 Å². The summed E-state index contributed by atoms with van der Waals surface area (Å²) in [6.07, 6.45) is 5.57. The molecule has 2 heterocycles. The molecular weight excluding hydrogens is 236 g/mol. The van der Waals surface area contributed by atoms with Crippen LogP contribution < -0.4 is 4.90 Å². The number of fused-ring (bicyclic) bond motifs is 2. The Kier molecular flexibility index (Phi) is 2.34. The van der Waals surface area contributed by atoms with Gasteiger partial charge < -0.3 is 15.0 Å². The summed E-state index contributed by atoms with van der Waals surface area (Å²) < 4.78 is 0. The fraction of sp³-hybridized carbons (Fsp3) is 0.375. The summed E-state index contributed by atoms with van der Waals surface area (Å²) in [6.45, 7) is 1.28. The summed E-state index contributed by atoms with van der Waals surface area (Å²) in [5.74, 6) is 0.294. The second-order valence-electron chi connectivity index (χ2n) is 5.91. The number of benzene rings is 1. The van der Waals surface area contributed by atoms with Gasteiger partial charge in [0.25, 0.3) is 0 Å². The average Bonchev–Trinajstić information content (AvgIpc) is 2.85. The third-order valence-corrected chi connectivity index (χ3v) is 4.73. The highest BCUT2D eigenvalue weighted by Crippen LogP contribution is 2.36. The molecule has 0 saturated heterocycles. The molecule has 1 aliphatic carbocycles. The SMILES string of the molecule is C[NH+]1C[C@H](CO)C=C2c3cccc4[nH]cc(c34)C[C@H]21. The quantitative estimate of drug-likeness (QED) is 0.687. The highest BCUT2D eigenvalue weighted by molar-refractivity contribution is 5.97. The molecule has 0 saturated carbocycles. The Bertz CT molecular complexity index is 670. The van der Waals surface area contributed by atoms with E-state index in [0.29, 0.717) is 12.0 Å². The zero-order valence-electron chi connectivity index (χ0n) is 11.1. The van der Waals surface area contributed by atoms with Gasteiger partial charge in [-0.2, -0.15) is 0 Å². The lowest BCUT2D eigenvalue weighted by molar-refractivity contribution is -0.901. The van der Waals surface area contributed by atoms with E-state index in [9.17, 15) is 5.11 Å². The number of nitrogens with one attached hydrogen (secondary N) is 2. The molecule has 2 aliphatic rings. The predicted molar refractivity (Wildman–Crippen MR) is 76.1 cm³/mol. The molecule has 0 amide bonds. The lowest BCUT2D eigenvalue weighted by Crippen LogP contribution is -3.14. The molecule has 1 aromatic heterocycles. The molecule has 1 aliphatic heterocycles. The molecule has 0 bridgehead atoms. The van der Waals surface area contributed by atoms with Crippen molar-refractivity contribution in [3.05, 3.63) is 41.6 Å². The summed E-state index contributed by atoms with van der Waals surface area (Å²) in [4.78, 5) is 4.90. The molecule has 1 aromatic carbocycles. The first-order chi connectivity index (χ1) is 9.28. The molecule has 3 heteroatoms. The number of aliphatic hydroxyl groups is 1. The monoisotopic (exact) mass is 255 g/mol. The molecule has 2 aromatic rings. The highest BCUT2D eigenvalue weighted by Gasteiger charge is 2.36. The van der Waals surface area contributed by atoms with Gasteiger partial charge in [0, 0.05) is 29.1 Å². The summed E-state index contributed by atoms with van der Waals surface area (Å²) >= 11 is 0. The smallest absolute Gasteiger partial charge is 0.117 e. The lowest BCUT2D eigenvalue weighted by atomic mass is 9.80. The van der Waals surface area contributed by atoms with Crippen molar-refractivity contribution in [3.8, 4) is 0 Å². The predicted octanol–water partition coefficient (Wildman–Crippen LogP) is 0.613. The topological polar surface area (TPSA) is 40.5 Å². The van der Waals surface area contributed by atoms with E-state index < -0.39 is 0 Å². The number of likely N-dealkylation sites (N-methyl/N-ethyl adjacent to an activating group) is 1. The molecule has 3 N–H and O–H groups in total. The van der Waals surface area contributed by atoms with Crippen molar-refractivity contribution in [3.63, 3.8) is 0 Å². The fourth-order valence-corrected chi connectivity index (χ4v) is 3.81. The number of hydrogen-bond acceptors (Lipinski definition) is 1. The zero-order valence-corrected chi connectivity index (χ0v) is 11.1. The molecule has 0 radical (unpaired) electrons. The van der Waals surface area contributed by atoms with Crippen molar-refractivity contribution in [1.29, 1.82) is 0 Å². The van der Waals surface area contributed by atoms with Crippen LogP contribution in [-0.2, 0) is 6.42 Å². The van der Waals surface area contributed by atoms with Gasteiger partial charge in [0.15, 0.2) is 0 Å². The fourth-order valence-electron chi connectivity index (χ4n) is 3.81. The van der Waals surface area contributed by atoms with Crippen LogP contribution in [0.5, 0.6) is 0 Å². The highest BCUT2D eigenvalue weighted by atomic mass is 16.3. The number of aromatic nitrogens is 1. The van der Waals surface area contributed by atoms with E-state index in [-0.39, 0.29) is 6.61 Å². The van der Waals surface area contributed by atoms with Crippen LogP contribution in [0, 0.1) is 5.92 Å². The van der Waals surface area contributed by atoms with Gasteiger partial charge >= 0.3 is 0 Å². The average molecular weight is 255 g/mol. The zero-order chi connectivity index (χ0) is 13.0. The van der Waals surface area contributed by atoms with Crippen LogP contribution in [0.2, 0.25) is 0 Å². The maximum atomic E-state index is 9.48. The molecule has 1 unspecified atom stereocenters. The van der Waals surface area contributed by atoms with Gasteiger partial charge in [0.1, 0.15) is 6.04 Å². The third kappa shape index (κ3) is 1.52. The molecule has 4 rings (SSSR count). The Balaban J connectivity index is 1.97. The molecule has 19 heavy (non-hydrogen) atoms. The number of aliphatic hydroxyl groups excluding tert-OH is 1. The van der Waals surface area contributed by atoms with Gasteiger partial charge in [-0.15, -0.1) is 0 Å². The first-order valence-electron chi connectivity index (χ1n) is 7.02. The van der Waals surface area contributed by atoms with Crippen molar-refractivity contribution in [2.45, 2.75) is 12.5 Å². The first-order valence-corrected chi connectivity index (χ1v) is 7.02. The van der Waals surface area contributed by atoms with Crippen molar-refractivity contribution in [2.24, 2.45) is 5.92 Å². The van der Waals surface area contributed by atoms with Crippen molar-refractivity contribution >= 4 is 16.5 Å². The van der Waals surface area contributed by atoms with Gasteiger partial charge in [0.05, 0.1) is 26.1 Å². The molecule has 0 fully saturated rings. The minimum absolute atomic E-state index is 0.254. The first kappa shape index (κ1) is 11.3. The standard InChI is InChI=1S/C16H18N2O/c1-18-8-10(9-19)5-13-12-3-2-4-14-16(12)11(7-17-14)6-15(13)18/h2-5,7,10,15,17,19H,6,8-9H2,1H3/p+1/t10-,15-/m1/s1. The van der Waals surface area contributed by atoms with E-state index >= 15 is 0 Å². The summed E-state index contributed by atoms with van der Waals surface area (Å²) in [7, 11) is 2.25. The van der Waals surface area contributed by atoms with Gasteiger partial charge in [-0.05, 0) is 17.2 Å². The minimum atomic E-state index is 0.254. The van der Waals surface area contributed by atoms with E-state index in [1.807, 2.05) is 0 Å². The van der Waals surface area contributed by atoms with Gasteiger partial charge in [-0.1, -0.05) is 18.2 Å². The van der Waals surface area contributed by atoms with Crippen LogP contribution in [-0.4, -0.2) is 36.3 Å². The Morgan fingerprint density at radius 1 is 1.42 bits per heavy atom. The van der Waals surface area contributed by atoms with Crippen LogP contribution in [0.4, 0.5) is 0 Å². The normalized spacial score (nSPS) is 29.2. The van der Waals surface area contributed by atoms with Crippen LogP contribution in [0.3, 0.4) is 0 Å². The largest absolute Gasteiger partial charge is 0.396 e. The van der Waals surface area contributed by atoms with Crippen molar-refractivity contribution in [2.75, 3.05) is 20.2 Å². The summed E-state index contributed by atoms with van der Waals surface area (Å²) in [5, 5.41) is 10.9. The molecule has 3 atom stereocenters. The van der Waals surface area contributed by atoms with Crippen LogP contribution in [0.25, 0.3) is 16.5 Å². The van der Waals surface area contributed by atoms with Gasteiger partial charge in [-0.25, -0.2) is 0 Å².